The standard InChI is InChI=1S/C21H27N3O5S/c1-16(21(25)22-11-12-23(2)17-7-5-4-6-8-17)24(30(3,26)27)18-9-10-19-20(15-18)29-14-13-28-19/h4-10,15-16H,11-14H2,1-3H3,(H,22,25)/t16-/m0/s1. The molecule has 162 valence electrons. The van der Waals surface area contributed by atoms with Crippen LogP contribution in [0, 0.1) is 0 Å². The van der Waals surface area contributed by atoms with Crippen LogP contribution in [-0.4, -0.2) is 60.0 Å². The second-order valence-electron chi connectivity index (χ2n) is 7.11. The molecule has 1 aliphatic heterocycles. The van der Waals surface area contributed by atoms with Gasteiger partial charge in [-0.3, -0.25) is 9.10 Å². The molecule has 1 amide bonds. The van der Waals surface area contributed by atoms with Gasteiger partial charge in [0.25, 0.3) is 0 Å². The zero-order valence-corrected chi connectivity index (χ0v) is 18.2. The van der Waals surface area contributed by atoms with Gasteiger partial charge in [-0.2, -0.15) is 0 Å². The maximum Gasteiger partial charge on any atom is 0.243 e. The summed E-state index contributed by atoms with van der Waals surface area (Å²) in [7, 11) is -1.77. The van der Waals surface area contributed by atoms with Crippen molar-refractivity contribution in [3.63, 3.8) is 0 Å². The van der Waals surface area contributed by atoms with E-state index in [-0.39, 0.29) is 5.91 Å². The lowest BCUT2D eigenvalue weighted by atomic mass is 10.2. The van der Waals surface area contributed by atoms with E-state index in [2.05, 4.69) is 5.32 Å². The Bertz CT molecular complexity index is 981. The minimum Gasteiger partial charge on any atom is -0.486 e. The average Bonchev–Trinajstić information content (AvgIpc) is 2.73. The summed E-state index contributed by atoms with van der Waals surface area (Å²) in [5.41, 5.74) is 1.39. The molecule has 1 aliphatic rings. The van der Waals surface area contributed by atoms with Gasteiger partial charge in [0, 0.05) is 31.9 Å². The first-order valence-electron chi connectivity index (χ1n) is 9.70. The van der Waals surface area contributed by atoms with E-state index in [4.69, 9.17) is 9.47 Å². The number of hydrogen-bond acceptors (Lipinski definition) is 6. The molecule has 0 fully saturated rings. The highest BCUT2D eigenvalue weighted by molar-refractivity contribution is 7.92. The molecule has 8 nitrogen and oxygen atoms in total. The molecule has 0 aliphatic carbocycles. The van der Waals surface area contributed by atoms with Crippen LogP contribution in [0.2, 0.25) is 0 Å². The van der Waals surface area contributed by atoms with Crippen molar-refractivity contribution in [1.82, 2.24) is 5.32 Å². The van der Waals surface area contributed by atoms with Crippen molar-refractivity contribution in [2.75, 3.05) is 48.8 Å². The predicted octanol–water partition coefficient (Wildman–Crippen LogP) is 1.86. The summed E-state index contributed by atoms with van der Waals surface area (Å²) in [5.74, 6) is 0.640. The molecule has 2 aromatic rings. The number of fused-ring (bicyclic) bond motifs is 1. The minimum absolute atomic E-state index is 0.353. The van der Waals surface area contributed by atoms with Crippen molar-refractivity contribution < 1.29 is 22.7 Å². The van der Waals surface area contributed by atoms with Gasteiger partial charge in [-0.15, -0.1) is 0 Å². The Hall–Kier alpha value is -2.94. The highest BCUT2D eigenvalue weighted by atomic mass is 32.2. The van der Waals surface area contributed by atoms with Crippen LogP contribution in [0.4, 0.5) is 11.4 Å². The number of para-hydroxylation sites is 1. The number of sulfonamides is 1. The molecule has 0 saturated carbocycles. The summed E-state index contributed by atoms with van der Waals surface area (Å²) in [6.45, 7) is 3.37. The van der Waals surface area contributed by atoms with Crippen molar-refractivity contribution in [3.05, 3.63) is 48.5 Å². The summed E-state index contributed by atoms with van der Waals surface area (Å²) in [4.78, 5) is 14.7. The number of nitrogens with one attached hydrogen (secondary N) is 1. The van der Waals surface area contributed by atoms with E-state index < -0.39 is 16.1 Å². The number of carbonyl (C=O) groups excluding carboxylic acids is 1. The van der Waals surface area contributed by atoms with Crippen molar-refractivity contribution >= 4 is 27.3 Å². The predicted molar refractivity (Wildman–Crippen MR) is 117 cm³/mol. The van der Waals surface area contributed by atoms with Crippen LogP contribution in [0.1, 0.15) is 6.92 Å². The van der Waals surface area contributed by atoms with Crippen LogP contribution >= 0.6 is 0 Å². The molecule has 0 aromatic heterocycles. The molecule has 30 heavy (non-hydrogen) atoms. The van der Waals surface area contributed by atoms with Gasteiger partial charge in [0.05, 0.1) is 11.9 Å². The topological polar surface area (TPSA) is 88.2 Å². The largest absolute Gasteiger partial charge is 0.486 e. The molecule has 2 aromatic carbocycles. The Kier molecular flexibility index (Phi) is 6.71. The Balaban J connectivity index is 1.68. The lowest BCUT2D eigenvalue weighted by molar-refractivity contribution is -0.121. The highest BCUT2D eigenvalue weighted by Gasteiger charge is 2.30. The fourth-order valence-electron chi connectivity index (χ4n) is 3.28. The Labute approximate surface area is 177 Å². The van der Waals surface area contributed by atoms with Crippen LogP contribution < -0.4 is 24.0 Å². The van der Waals surface area contributed by atoms with Crippen molar-refractivity contribution in [1.29, 1.82) is 0 Å². The average molecular weight is 434 g/mol. The van der Waals surface area contributed by atoms with Crippen LogP contribution in [-0.2, 0) is 14.8 Å². The lowest BCUT2D eigenvalue weighted by Crippen LogP contribution is -2.49. The summed E-state index contributed by atoms with van der Waals surface area (Å²) in [5, 5.41) is 2.83. The monoisotopic (exact) mass is 433 g/mol. The van der Waals surface area contributed by atoms with Crippen LogP contribution in [0.15, 0.2) is 48.5 Å². The third kappa shape index (κ3) is 5.15. The van der Waals surface area contributed by atoms with E-state index >= 15 is 0 Å². The number of benzene rings is 2. The SMILES string of the molecule is C[C@@H](C(=O)NCCN(C)c1ccccc1)N(c1ccc2c(c1)OCCO2)S(C)(=O)=O. The zero-order valence-electron chi connectivity index (χ0n) is 17.4. The number of hydrogen-bond donors (Lipinski definition) is 1. The van der Waals surface area contributed by atoms with Gasteiger partial charge in [0.15, 0.2) is 11.5 Å². The number of ether oxygens (including phenoxy) is 2. The third-order valence-electron chi connectivity index (χ3n) is 4.81. The van der Waals surface area contributed by atoms with Gasteiger partial charge in [0.1, 0.15) is 19.3 Å². The lowest BCUT2D eigenvalue weighted by Gasteiger charge is -2.29. The van der Waals surface area contributed by atoms with Gasteiger partial charge >= 0.3 is 0 Å². The molecule has 0 radical (unpaired) electrons. The van der Waals surface area contributed by atoms with Gasteiger partial charge in [-0.25, -0.2) is 8.42 Å². The summed E-state index contributed by atoms with van der Waals surface area (Å²) >= 11 is 0. The first kappa shape index (κ1) is 21.8. The fraction of sp³-hybridized carbons (Fsp3) is 0.381. The highest BCUT2D eigenvalue weighted by Crippen LogP contribution is 2.35. The summed E-state index contributed by atoms with van der Waals surface area (Å²) in [6.07, 6.45) is 1.08. The van der Waals surface area contributed by atoms with E-state index in [0.29, 0.717) is 43.5 Å². The summed E-state index contributed by atoms with van der Waals surface area (Å²) < 4.78 is 37.1. The number of amides is 1. The van der Waals surface area contributed by atoms with E-state index in [1.54, 1.807) is 25.1 Å². The van der Waals surface area contributed by atoms with E-state index in [9.17, 15) is 13.2 Å². The molecule has 1 heterocycles. The van der Waals surface area contributed by atoms with Crippen molar-refractivity contribution in [2.45, 2.75) is 13.0 Å². The minimum atomic E-state index is -3.71. The molecule has 0 bridgehead atoms. The van der Waals surface area contributed by atoms with E-state index in [0.717, 1.165) is 16.2 Å². The van der Waals surface area contributed by atoms with E-state index in [1.165, 1.54) is 0 Å². The Morgan fingerprint density at radius 3 is 2.40 bits per heavy atom. The first-order valence-corrected chi connectivity index (χ1v) is 11.5. The zero-order chi connectivity index (χ0) is 21.7. The Morgan fingerprint density at radius 2 is 1.73 bits per heavy atom. The smallest absolute Gasteiger partial charge is 0.243 e. The number of nitrogens with zero attached hydrogens (tertiary/aromatic N) is 2. The summed E-state index contributed by atoms with van der Waals surface area (Å²) in [6, 6.07) is 13.7. The Morgan fingerprint density at radius 1 is 1.07 bits per heavy atom. The molecule has 9 heteroatoms. The molecule has 1 atom stereocenters. The quantitative estimate of drug-likeness (QED) is 0.684. The number of rotatable bonds is 8. The molecule has 1 N–H and O–H groups in total. The number of anilines is 2. The van der Waals surface area contributed by atoms with Gasteiger partial charge < -0.3 is 19.7 Å². The maximum atomic E-state index is 12.7. The van der Waals surface area contributed by atoms with Crippen molar-refractivity contribution in [2.24, 2.45) is 0 Å². The van der Waals surface area contributed by atoms with Crippen molar-refractivity contribution in [3.8, 4) is 11.5 Å². The van der Waals surface area contributed by atoms with Crippen LogP contribution in [0.3, 0.4) is 0 Å². The molecule has 0 spiro atoms. The van der Waals surface area contributed by atoms with Gasteiger partial charge in [-0.05, 0) is 31.2 Å². The second-order valence-corrected chi connectivity index (χ2v) is 8.97. The normalized spacial score (nSPS) is 14.0. The molecule has 0 unspecified atom stereocenters. The fourth-order valence-corrected chi connectivity index (χ4v) is 4.45. The van der Waals surface area contributed by atoms with Gasteiger partial charge in [0.2, 0.25) is 15.9 Å². The third-order valence-corrected chi connectivity index (χ3v) is 6.05. The maximum absolute atomic E-state index is 12.7. The molecular weight excluding hydrogens is 406 g/mol. The number of likely N-dealkylation sites (N-methyl/N-ethyl adjacent to an activating group) is 1. The van der Waals surface area contributed by atoms with Crippen LogP contribution in [0.5, 0.6) is 11.5 Å². The molecular formula is C21H27N3O5S. The van der Waals surface area contributed by atoms with E-state index in [1.807, 2.05) is 42.3 Å². The van der Waals surface area contributed by atoms with Gasteiger partial charge in [-0.1, -0.05) is 18.2 Å². The number of carbonyl (C=O) groups is 1. The first-order chi connectivity index (χ1) is 14.3. The molecule has 0 saturated heterocycles. The molecule has 3 rings (SSSR count). The second kappa shape index (κ2) is 9.25. The van der Waals surface area contributed by atoms with Crippen LogP contribution in [0.25, 0.3) is 0 Å².